The van der Waals surface area contributed by atoms with Crippen LogP contribution >= 0.6 is 11.8 Å². The molecule has 0 bridgehead atoms. The molecule has 7 heteroatoms. The van der Waals surface area contributed by atoms with E-state index < -0.39 is 5.97 Å². The third-order valence-corrected chi connectivity index (χ3v) is 6.38. The van der Waals surface area contributed by atoms with Gasteiger partial charge in [0.2, 0.25) is 0 Å². The van der Waals surface area contributed by atoms with E-state index in [1.54, 1.807) is 0 Å². The number of fused-ring (bicyclic) bond motifs is 1. The molecule has 3 aromatic carbocycles. The highest BCUT2D eigenvalue weighted by Gasteiger charge is 2.18. The van der Waals surface area contributed by atoms with Gasteiger partial charge in [0.15, 0.2) is 0 Å². The van der Waals surface area contributed by atoms with Crippen molar-refractivity contribution in [1.29, 1.82) is 0 Å². The minimum atomic E-state index is -0.865. The standard InChI is InChI=1S/C26H20N4O2S/c1-16-27-13-23(14-28-16)21-9-20(19-7-6-17-4-2-3-5-18(17)8-19)10-22(11-21)24-12-25(30-29-24)33-15-26(31)32/h2-11,13-14H,12,15H2,1H3,(H,31,32). The number of hydrogen-bond acceptors (Lipinski definition) is 6. The number of hydrogen-bond donors (Lipinski definition) is 1. The number of carbonyl (C=O) groups is 1. The van der Waals surface area contributed by atoms with Gasteiger partial charge in [0, 0.05) is 24.4 Å². The van der Waals surface area contributed by atoms with Crippen molar-refractivity contribution in [3.05, 3.63) is 84.4 Å². The average Bonchev–Trinajstić information content (AvgIpc) is 3.32. The summed E-state index contributed by atoms with van der Waals surface area (Å²) in [7, 11) is 0. The molecule has 0 atom stereocenters. The van der Waals surface area contributed by atoms with E-state index in [-0.39, 0.29) is 5.75 Å². The second-order valence-corrected chi connectivity index (χ2v) is 8.83. The van der Waals surface area contributed by atoms with E-state index in [4.69, 9.17) is 5.11 Å². The first-order chi connectivity index (χ1) is 16.0. The van der Waals surface area contributed by atoms with Crippen LogP contribution in [-0.4, -0.2) is 37.6 Å². The topological polar surface area (TPSA) is 87.8 Å². The normalized spacial score (nSPS) is 13.1. The molecule has 4 aromatic rings. The highest BCUT2D eigenvalue weighted by molar-refractivity contribution is 8.14. The Kier molecular flexibility index (Phi) is 5.71. The Hall–Kier alpha value is -3.84. The van der Waals surface area contributed by atoms with Crippen molar-refractivity contribution < 1.29 is 9.90 Å². The molecule has 0 fully saturated rings. The average molecular weight is 453 g/mol. The molecule has 5 rings (SSSR count). The van der Waals surface area contributed by atoms with Gasteiger partial charge in [0.25, 0.3) is 0 Å². The van der Waals surface area contributed by atoms with E-state index in [9.17, 15) is 4.79 Å². The van der Waals surface area contributed by atoms with Crippen LogP contribution in [-0.2, 0) is 4.79 Å². The number of carboxylic acids is 1. The third-order valence-electron chi connectivity index (χ3n) is 5.43. The van der Waals surface area contributed by atoms with Crippen LogP contribution in [0.2, 0.25) is 0 Å². The Balaban J connectivity index is 1.55. The Bertz CT molecular complexity index is 1430. The fraction of sp³-hybridized carbons (Fsp3) is 0.115. The van der Waals surface area contributed by atoms with Gasteiger partial charge in [-0.15, -0.1) is 5.10 Å². The molecular formula is C26H20N4O2S. The Morgan fingerprint density at radius 3 is 2.30 bits per heavy atom. The highest BCUT2D eigenvalue weighted by atomic mass is 32.2. The van der Waals surface area contributed by atoms with Crippen LogP contribution in [0.4, 0.5) is 0 Å². The number of aliphatic carboxylic acids is 1. The van der Waals surface area contributed by atoms with Gasteiger partial charge in [-0.2, -0.15) is 5.10 Å². The van der Waals surface area contributed by atoms with Gasteiger partial charge in [0.05, 0.1) is 11.5 Å². The Morgan fingerprint density at radius 1 is 0.848 bits per heavy atom. The van der Waals surface area contributed by atoms with Gasteiger partial charge in [-0.1, -0.05) is 48.2 Å². The predicted octanol–water partition coefficient (Wildman–Crippen LogP) is 5.60. The molecule has 0 aliphatic carbocycles. The second kappa shape index (κ2) is 8.96. The molecule has 1 aliphatic rings. The van der Waals surface area contributed by atoms with Crippen molar-refractivity contribution in [2.75, 3.05) is 5.75 Å². The van der Waals surface area contributed by atoms with Crippen molar-refractivity contribution in [3.8, 4) is 22.3 Å². The fourth-order valence-electron chi connectivity index (χ4n) is 3.75. The quantitative estimate of drug-likeness (QED) is 0.426. The number of benzene rings is 3. The summed E-state index contributed by atoms with van der Waals surface area (Å²) in [6.45, 7) is 1.86. The minimum absolute atomic E-state index is 0.0231. The minimum Gasteiger partial charge on any atom is -0.481 e. The molecule has 0 amide bonds. The largest absolute Gasteiger partial charge is 0.481 e. The summed E-state index contributed by atoms with van der Waals surface area (Å²) in [5, 5.41) is 20.6. The molecule has 0 spiro atoms. The smallest absolute Gasteiger partial charge is 0.313 e. The third kappa shape index (κ3) is 4.68. The van der Waals surface area contributed by atoms with E-state index >= 15 is 0 Å². The predicted molar refractivity (Wildman–Crippen MR) is 134 cm³/mol. The SMILES string of the molecule is Cc1ncc(-c2cc(C3=NN=C(SCC(=O)O)C3)cc(-c3ccc4ccccc4c3)c2)cn1. The van der Waals surface area contributed by atoms with Crippen LogP contribution in [0.25, 0.3) is 33.0 Å². The van der Waals surface area contributed by atoms with Crippen LogP contribution in [0.1, 0.15) is 17.8 Å². The summed E-state index contributed by atoms with van der Waals surface area (Å²) in [4.78, 5) is 19.6. The molecule has 0 unspecified atom stereocenters. The zero-order valence-electron chi connectivity index (χ0n) is 17.9. The lowest BCUT2D eigenvalue weighted by Crippen LogP contribution is -2.06. The van der Waals surface area contributed by atoms with Gasteiger partial charge in [0.1, 0.15) is 10.9 Å². The summed E-state index contributed by atoms with van der Waals surface area (Å²) >= 11 is 1.21. The molecule has 0 saturated carbocycles. The first-order valence-corrected chi connectivity index (χ1v) is 11.5. The summed E-state index contributed by atoms with van der Waals surface area (Å²) in [5.74, 6) is -0.167. The Morgan fingerprint density at radius 2 is 1.55 bits per heavy atom. The highest BCUT2D eigenvalue weighted by Crippen LogP contribution is 2.31. The van der Waals surface area contributed by atoms with Crippen molar-refractivity contribution in [2.45, 2.75) is 13.3 Å². The molecule has 2 heterocycles. The van der Waals surface area contributed by atoms with E-state index in [2.05, 4.69) is 68.7 Å². The van der Waals surface area contributed by atoms with E-state index in [1.165, 1.54) is 22.5 Å². The van der Waals surface area contributed by atoms with E-state index in [1.807, 2.05) is 31.5 Å². The number of aromatic nitrogens is 2. The Labute approximate surface area is 195 Å². The van der Waals surface area contributed by atoms with Gasteiger partial charge in [-0.05, 0) is 64.2 Å². The van der Waals surface area contributed by atoms with Crippen molar-refractivity contribution in [1.82, 2.24) is 9.97 Å². The lowest BCUT2D eigenvalue weighted by Gasteiger charge is -2.11. The van der Waals surface area contributed by atoms with Crippen LogP contribution < -0.4 is 0 Å². The number of nitrogens with zero attached hydrogens (tertiary/aromatic N) is 4. The molecule has 0 radical (unpaired) electrons. The number of aryl methyl sites for hydroxylation is 1. The molecule has 6 nitrogen and oxygen atoms in total. The van der Waals surface area contributed by atoms with Gasteiger partial charge in [-0.25, -0.2) is 9.97 Å². The fourth-order valence-corrected chi connectivity index (χ4v) is 4.38. The van der Waals surface area contributed by atoms with Crippen LogP contribution in [0, 0.1) is 6.92 Å². The molecular weight excluding hydrogens is 432 g/mol. The zero-order chi connectivity index (χ0) is 22.8. The van der Waals surface area contributed by atoms with Crippen molar-refractivity contribution in [3.63, 3.8) is 0 Å². The molecule has 33 heavy (non-hydrogen) atoms. The van der Waals surface area contributed by atoms with Crippen molar-refractivity contribution in [2.24, 2.45) is 10.2 Å². The molecule has 1 N–H and O–H groups in total. The van der Waals surface area contributed by atoms with E-state index in [0.717, 1.165) is 39.4 Å². The summed E-state index contributed by atoms with van der Waals surface area (Å²) in [5.41, 5.74) is 5.84. The maximum atomic E-state index is 10.9. The monoisotopic (exact) mass is 452 g/mol. The van der Waals surface area contributed by atoms with Crippen molar-refractivity contribution >= 4 is 39.3 Å². The van der Waals surface area contributed by atoms with E-state index in [0.29, 0.717) is 11.5 Å². The van der Waals surface area contributed by atoms with Crippen LogP contribution in [0.15, 0.2) is 83.3 Å². The lowest BCUT2D eigenvalue weighted by molar-refractivity contribution is -0.133. The molecule has 1 aliphatic heterocycles. The molecule has 1 aromatic heterocycles. The van der Waals surface area contributed by atoms with Crippen LogP contribution in [0.5, 0.6) is 0 Å². The molecule has 162 valence electrons. The number of carboxylic acid groups (broad SMARTS) is 1. The van der Waals surface area contributed by atoms with Crippen LogP contribution in [0.3, 0.4) is 0 Å². The number of rotatable bonds is 5. The number of thioether (sulfide) groups is 1. The van der Waals surface area contributed by atoms with Gasteiger partial charge >= 0.3 is 5.97 Å². The maximum absolute atomic E-state index is 10.9. The maximum Gasteiger partial charge on any atom is 0.313 e. The second-order valence-electron chi connectivity index (χ2n) is 7.78. The van der Waals surface area contributed by atoms with Gasteiger partial charge in [-0.3, -0.25) is 4.79 Å². The summed E-state index contributed by atoms with van der Waals surface area (Å²) in [6, 6.07) is 21.0. The first kappa shape index (κ1) is 21.0. The first-order valence-electron chi connectivity index (χ1n) is 10.5. The summed E-state index contributed by atoms with van der Waals surface area (Å²) in [6.07, 6.45) is 4.17. The lowest BCUT2D eigenvalue weighted by atomic mass is 9.94. The van der Waals surface area contributed by atoms with Gasteiger partial charge < -0.3 is 5.11 Å². The summed E-state index contributed by atoms with van der Waals surface area (Å²) < 4.78 is 0. The zero-order valence-corrected chi connectivity index (χ0v) is 18.7. The molecule has 0 saturated heterocycles.